The van der Waals surface area contributed by atoms with Gasteiger partial charge in [0.15, 0.2) is 0 Å². The number of fused-ring (bicyclic) bond motifs is 1. The highest BCUT2D eigenvalue weighted by Gasteiger charge is 2.22. The number of hydrogen-bond acceptors (Lipinski definition) is 3. The Kier molecular flexibility index (Phi) is 3.89. The lowest BCUT2D eigenvalue weighted by molar-refractivity contribution is -0.138. The summed E-state index contributed by atoms with van der Waals surface area (Å²) in [6.07, 6.45) is 0. The summed E-state index contributed by atoms with van der Waals surface area (Å²) in [6, 6.07) is 6.20. The Bertz CT molecular complexity index is 489. The van der Waals surface area contributed by atoms with Gasteiger partial charge in [0.05, 0.1) is 13.1 Å². The number of amides is 2. The maximum Gasteiger partial charge on any atom is 0.325 e. The van der Waals surface area contributed by atoms with Crippen molar-refractivity contribution in [1.29, 1.82) is 0 Å². The molecule has 0 unspecified atom stereocenters. The summed E-state index contributed by atoms with van der Waals surface area (Å²) in [5.74, 6) is -0.288. The molecule has 0 aromatic heterocycles. The number of urea groups is 1. The van der Waals surface area contributed by atoms with Crippen molar-refractivity contribution < 1.29 is 19.4 Å². The largest absolute Gasteiger partial charge is 0.491 e. The molecule has 1 aliphatic rings. The highest BCUT2D eigenvalue weighted by molar-refractivity contribution is 5.82. The van der Waals surface area contributed by atoms with Gasteiger partial charge in [0.25, 0.3) is 0 Å². The van der Waals surface area contributed by atoms with E-state index in [9.17, 15) is 9.59 Å². The second-order valence-electron chi connectivity index (χ2n) is 4.39. The van der Waals surface area contributed by atoms with Crippen molar-refractivity contribution in [3.63, 3.8) is 0 Å². The Morgan fingerprint density at radius 2 is 2.16 bits per heavy atom. The van der Waals surface area contributed by atoms with Gasteiger partial charge in [-0.15, -0.1) is 0 Å². The third-order valence-electron chi connectivity index (χ3n) is 2.95. The zero-order chi connectivity index (χ0) is 13.8. The van der Waals surface area contributed by atoms with Gasteiger partial charge in [0.2, 0.25) is 0 Å². The summed E-state index contributed by atoms with van der Waals surface area (Å²) in [5.41, 5.74) is 0.915. The number of carboxylic acid groups (broad SMARTS) is 1. The minimum absolute atomic E-state index is 0.393. The van der Waals surface area contributed by atoms with Gasteiger partial charge in [-0.05, 0) is 13.0 Å². The van der Waals surface area contributed by atoms with Crippen molar-refractivity contribution in [2.75, 3.05) is 13.2 Å². The Hall–Kier alpha value is -2.24. The fourth-order valence-corrected chi connectivity index (χ4v) is 1.84. The second-order valence-corrected chi connectivity index (χ2v) is 4.39. The van der Waals surface area contributed by atoms with E-state index in [1.54, 1.807) is 4.90 Å². The Morgan fingerprint density at radius 1 is 1.42 bits per heavy atom. The number of nitrogens with one attached hydrogen (secondary N) is 1. The molecule has 2 rings (SSSR count). The zero-order valence-corrected chi connectivity index (χ0v) is 10.6. The smallest absolute Gasteiger partial charge is 0.325 e. The number of ether oxygens (including phenoxy) is 1. The van der Waals surface area contributed by atoms with Gasteiger partial charge in [-0.25, -0.2) is 4.79 Å². The van der Waals surface area contributed by atoms with Gasteiger partial charge in [-0.2, -0.15) is 0 Å². The van der Waals surface area contributed by atoms with Gasteiger partial charge >= 0.3 is 12.0 Å². The molecule has 2 N–H and O–H groups in total. The Morgan fingerprint density at radius 3 is 2.89 bits per heavy atom. The SMILES string of the molecule is C[C@@H](NC(=O)N1CCOc2ccccc2C1)C(=O)O. The number of aliphatic carboxylic acids is 1. The van der Waals surface area contributed by atoms with Crippen LogP contribution < -0.4 is 10.1 Å². The topological polar surface area (TPSA) is 78.9 Å². The maximum atomic E-state index is 12.0. The number of carboxylic acids is 1. The number of rotatable bonds is 2. The molecule has 0 spiro atoms. The molecule has 1 atom stereocenters. The van der Waals surface area contributed by atoms with E-state index >= 15 is 0 Å². The van der Waals surface area contributed by atoms with E-state index < -0.39 is 18.0 Å². The monoisotopic (exact) mass is 264 g/mol. The molecule has 0 radical (unpaired) electrons. The molecule has 19 heavy (non-hydrogen) atoms. The third kappa shape index (κ3) is 3.15. The fourth-order valence-electron chi connectivity index (χ4n) is 1.84. The molecule has 0 saturated heterocycles. The average molecular weight is 264 g/mol. The van der Waals surface area contributed by atoms with E-state index in [2.05, 4.69) is 5.32 Å². The van der Waals surface area contributed by atoms with Crippen molar-refractivity contribution in [2.24, 2.45) is 0 Å². The molecular formula is C13H16N2O4. The third-order valence-corrected chi connectivity index (χ3v) is 2.95. The molecule has 6 nitrogen and oxygen atoms in total. The van der Waals surface area contributed by atoms with Crippen LogP contribution in [0.3, 0.4) is 0 Å². The lowest BCUT2D eigenvalue weighted by atomic mass is 10.2. The summed E-state index contributed by atoms with van der Waals surface area (Å²) in [5, 5.41) is 11.2. The standard InChI is InChI=1S/C13H16N2O4/c1-9(12(16)17)14-13(18)15-6-7-19-11-5-3-2-4-10(11)8-15/h2-5,9H,6-8H2,1H3,(H,14,18)(H,16,17)/t9-/m1/s1. The molecule has 0 saturated carbocycles. The number of carbonyl (C=O) groups excluding carboxylic acids is 1. The molecule has 6 heteroatoms. The van der Waals surface area contributed by atoms with Gasteiger partial charge in [-0.1, -0.05) is 18.2 Å². The normalized spacial score (nSPS) is 15.7. The number of benzene rings is 1. The molecular weight excluding hydrogens is 248 g/mol. The molecule has 1 aromatic rings. The number of carbonyl (C=O) groups is 2. The van der Waals surface area contributed by atoms with Gasteiger partial charge in [-0.3, -0.25) is 4.79 Å². The molecule has 0 aliphatic carbocycles. The lowest BCUT2D eigenvalue weighted by Gasteiger charge is -2.21. The maximum absolute atomic E-state index is 12.0. The van der Waals surface area contributed by atoms with E-state index in [0.717, 1.165) is 11.3 Å². The van der Waals surface area contributed by atoms with Crippen molar-refractivity contribution in [1.82, 2.24) is 10.2 Å². The summed E-state index contributed by atoms with van der Waals surface area (Å²) in [6.45, 7) is 2.66. The number of hydrogen-bond donors (Lipinski definition) is 2. The quantitative estimate of drug-likeness (QED) is 0.837. The Labute approximate surface area is 111 Å². The van der Waals surface area contributed by atoms with E-state index in [1.807, 2.05) is 24.3 Å². The van der Waals surface area contributed by atoms with Crippen molar-refractivity contribution in [2.45, 2.75) is 19.5 Å². The number of para-hydroxylation sites is 1. The van der Waals surface area contributed by atoms with Gasteiger partial charge in [0, 0.05) is 5.56 Å². The van der Waals surface area contributed by atoms with Crippen LogP contribution in [0.2, 0.25) is 0 Å². The predicted octanol–water partition coefficient (Wildman–Crippen LogP) is 1.06. The first kappa shape index (κ1) is 13.2. The second kappa shape index (κ2) is 5.60. The van der Waals surface area contributed by atoms with E-state index in [-0.39, 0.29) is 0 Å². The van der Waals surface area contributed by atoms with Crippen LogP contribution in [-0.2, 0) is 11.3 Å². The lowest BCUT2D eigenvalue weighted by Crippen LogP contribution is -2.46. The minimum atomic E-state index is -1.06. The number of nitrogens with zero attached hydrogens (tertiary/aromatic N) is 1. The summed E-state index contributed by atoms with van der Waals surface area (Å²) in [4.78, 5) is 24.2. The van der Waals surface area contributed by atoms with Crippen LogP contribution in [0.25, 0.3) is 0 Å². The molecule has 2 amide bonds. The molecule has 0 bridgehead atoms. The van der Waals surface area contributed by atoms with Crippen LogP contribution >= 0.6 is 0 Å². The van der Waals surface area contributed by atoms with Gasteiger partial charge < -0.3 is 20.1 Å². The molecule has 1 heterocycles. The van der Waals surface area contributed by atoms with Crippen molar-refractivity contribution in [3.8, 4) is 5.75 Å². The molecule has 102 valence electrons. The first-order valence-electron chi connectivity index (χ1n) is 6.07. The van der Waals surface area contributed by atoms with Crippen molar-refractivity contribution in [3.05, 3.63) is 29.8 Å². The van der Waals surface area contributed by atoms with E-state index in [0.29, 0.717) is 19.7 Å². The molecule has 1 aliphatic heterocycles. The van der Waals surface area contributed by atoms with Crippen LogP contribution in [0, 0.1) is 0 Å². The van der Waals surface area contributed by atoms with Gasteiger partial charge in [0.1, 0.15) is 18.4 Å². The summed E-state index contributed by atoms with van der Waals surface area (Å²) >= 11 is 0. The zero-order valence-electron chi connectivity index (χ0n) is 10.6. The van der Waals surface area contributed by atoms with Crippen molar-refractivity contribution >= 4 is 12.0 Å². The Balaban J connectivity index is 2.06. The van der Waals surface area contributed by atoms with E-state index in [4.69, 9.17) is 9.84 Å². The average Bonchev–Trinajstić information content (AvgIpc) is 2.60. The van der Waals surface area contributed by atoms with Crippen LogP contribution in [0.4, 0.5) is 4.79 Å². The summed E-state index contributed by atoms with van der Waals surface area (Å²) in [7, 11) is 0. The van der Waals surface area contributed by atoms with Crippen LogP contribution in [0.1, 0.15) is 12.5 Å². The van der Waals surface area contributed by atoms with Crippen LogP contribution in [-0.4, -0.2) is 41.2 Å². The van der Waals surface area contributed by atoms with Crippen LogP contribution in [0.5, 0.6) is 5.75 Å². The predicted molar refractivity (Wildman–Crippen MR) is 68.0 cm³/mol. The fraction of sp³-hybridized carbons (Fsp3) is 0.385. The minimum Gasteiger partial charge on any atom is -0.491 e. The first-order valence-corrected chi connectivity index (χ1v) is 6.07. The first-order chi connectivity index (χ1) is 9.08. The molecule has 0 fully saturated rings. The highest BCUT2D eigenvalue weighted by Crippen LogP contribution is 2.22. The molecule has 1 aromatic carbocycles. The van der Waals surface area contributed by atoms with Crippen LogP contribution in [0.15, 0.2) is 24.3 Å². The highest BCUT2D eigenvalue weighted by atomic mass is 16.5. The van der Waals surface area contributed by atoms with E-state index in [1.165, 1.54) is 6.92 Å². The summed E-state index contributed by atoms with van der Waals surface area (Å²) < 4.78 is 5.54.